The van der Waals surface area contributed by atoms with Crippen molar-refractivity contribution in [3.05, 3.63) is 270 Å². The van der Waals surface area contributed by atoms with Crippen LogP contribution in [0.25, 0.3) is 0 Å². The molecule has 133 heavy (non-hydrogen) atoms. The monoisotopic (exact) mass is 1840 g/mol. The van der Waals surface area contributed by atoms with Crippen LogP contribution in [0, 0.1) is 34.0 Å². The van der Waals surface area contributed by atoms with Gasteiger partial charge in [-0.3, -0.25) is 28.8 Å². The molecule has 8 aromatic carbocycles. The van der Waals surface area contributed by atoms with Crippen LogP contribution in [0.5, 0.6) is 11.5 Å². The van der Waals surface area contributed by atoms with E-state index in [1.54, 1.807) is 14.2 Å². The maximum atomic E-state index is 12.6. The molecular weight excluding hydrogens is 1650 g/mol. The Kier molecular flexibility index (Phi) is 59.6. The molecule has 6 aliphatic rings. The molecule has 0 heterocycles. The van der Waals surface area contributed by atoms with Crippen LogP contribution in [0.1, 0.15) is 433 Å². The zero-order valence-electron chi connectivity index (χ0n) is 76.1. The molecule has 6 aliphatic carbocycles. The molecule has 0 radical (unpaired) electrons. The van der Waals surface area contributed by atoms with Crippen molar-refractivity contribution in [2.75, 3.05) is 14.2 Å². The van der Waals surface area contributed by atoms with Gasteiger partial charge in [-0.05, 0) is 299 Å². The number of methoxy groups -OCH3 is 2. The fourth-order valence-corrected chi connectivity index (χ4v) is 15.5. The number of benzene rings is 8. The molecule has 0 aromatic heterocycles. The van der Waals surface area contributed by atoms with Crippen LogP contribution < -0.4 is 9.47 Å². The molecule has 14 rings (SSSR count). The first-order valence-corrected chi connectivity index (χ1v) is 45.0. The number of rotatable bonds is 22. The Balaban J connectivity index is -0.000000738. The van der Waals surface area contributed by atoms with Crippen LogP contribution in [-0.2, 0) is 109 Å². The van der Waals surface area contributed by atoms with Crippen LogP contribution in [0.4, 0.5) is 0 Å². The summed E-state index contributed by atoms with van der Waals surface area (Å²) in [6.45, 7) is 33.4. The molecule has 0 spiro atoms. The molecule has 746 valence electrons. The lowest BCUT2D eigenvalue weighted by Gasteiger charge is -2.31. The van der Waals surface area contributed by atoms with E-state index in [9.17, 15) is 28.8 Å². The number of esters is 6. The molecule has 0 saturated carbocycles. The molecule has 0 fully saturated rings. The summed E-state index contributed by atoms with van der Waals surface area (Å²) < 4.78 is 44.9. The zero-order chi connectivity index (χ0) is 87.7. The molecule has 0 aliphatic heterocycles. The van der Waals surface area contributed by atoms with E-state index in [4.69, 9.17) is 37.9 Å². The van der Waals surface area contributed by atoms with Crippen molar-refractivity contribution in [1.82, 2.24) is 0 Å². The highest BCUT2D eigenvalue weighted by molar-refractivity contribution is 5.78. The van der Waals surface area contributed by atoms with Gasteiger partial charge in [0.15, 0.2) is 12.2 Å². The van der Waals surface area contributed by atoms with Crippen molar-refractivity contribution in [2.45, 2.75) is 385 Å². The van der Waals surface area contributed by atoms with E-state index in [1.807, 2.05) is 190 Å². The van der Waals surface area contributed by atoms with Gasteiger partial charge in [0.1, 0.15) is 35.9 Å². The Bertz CT molecular complexity index is 4680. The number of ether oxygens (including phenoxy) is 8. The van der Waals surface area contributed by atoms with E-state index in [1.165, 1.54) is 94.2 Å². The zero-order valence-corrected chi connectivity index (χ0v) is 76.1. The maximum Gasteiger partial charge on any atom is 0.312 e. The molecule has 0 bridgehead atoms. The lowest BCUT2D eigenvalue weighted by Crippen LogP contribution is -2.29. The Hall–Kier alpha value is -9.82. The average Bonchev–Trinajstić information content (AvgIpc) is 0.773. The van der Waals surface area contributed by atoms with Crippen molar-refractivity contribution in [2.24, 2.45) is 34.0 Å². The van der Waals surface area contributed by atoms with E-state index in [0.29, 0.717) is 0 Å². The minimum absolute atomic E-state index is 0. The van der Waals surface area contributed by atoms with Crippen LogP contribution in [0.3, 0.4) is 0 Å². The van der Waals surface area contributed by atoms with Gasteiger partial charge in [0.25, 0.3) is 0 Å². The molecule has 14 nitrogen and oxygen atoms in total. The number of carbonyl (C=O) groups is 6. The highest BCUT2D eigenvalue weighted by Crippen LogP contribution is 2.43. The topological polar surface area (TPSA) is 176 Å². The summed E-state index contributed by atoms with van der Waals surface area (Å²) in [5.74, 6) is 0.996. The SMILES string of the molecule is C.C.C.C.C.C.C.C.C.C.C.C.CCC(C)(C)C(=O)OC(C)c1ccc2c(c1)CCCC2.CCC(C)(C)C(=O)OC1CCCc2cc(OC)ccc21.CCC(C)(C)C(=O)OC1c2ccccc2Cc2ccccc21.CCC(C)C(=O)OC(C)c1ccc2c(c1)CCCC2.CCC(C)C(=O)OC1CCCc2cc(OC)ccc21.CCC(C)C(=O)OC1c2ccccc2Cc2ccccc21. The minimum atomic E-state index is -0.457. The summed E-state index contributed by atoms with van der Waals surface area (Å²) in [6, 6.07) is 58.1. The van der Waals surface area contributed by atoms with E-state index in [0.717, 1.165) is 159 Å². The third-order valence-corrected chi connectivity index (χ3v) is 25.9. The lowest BCUT2D eigenvalue weighted by molar-refractivity contribution is -0.161. The standard InChI is InChI=1S/C20H22O2.C19H20O2.C18H26O2.C17H24O3.C17H24O2.C16H22O3.12CH4/c1-4-20(2,3)19(21)22-18-16-11-7-5-9-14(16)13-15-10-6-8-12-17(15)18;1-3-13(2)19(20)21-18-16-10-6-4-8-14(16)12-15-9-5-7-11-17(15)18;1-5-18(3,4)17(19)20-13(2)15-11-10-14-8-6-7-9-16(14)12-15;1-5-17(2,3)16(18)20-15-8-6-7-12-11-13(19-4)9-10-14(12)15;1-4-12(2)17(18)19-13(3)15-10-9-14-7-5-6-8-16(14)11-15;1-4-11(2)16(17)19-15-7-5-6-12-10-13(18-3)8-9-14(12)15;;;;;;;;;;;;/h5-12,18H,4,13H2,1-3H3;4-11,13,18H,3,12H2,1-2H3;10-13H,5-9H2,1-4H3;9-11,15H,5-8H2,1-4H3;9-13H,4-8H2,1-3H3;8-11,15H,4-7H2,1-3H3;12*1H4. The molecule has 7 atom stereocenters. The highest BCUT2D eigenvalue weighted by atomic mass is 16.6. The van der Waals surface area contributed by atoms with Gasteiger partial charge in [-0.25, -0.2) is 0 Å². The van der Waals surface area contributed by atoms with Crippen molar-refractivity contribution < 1.29 is 66.7 Å². The summed E-state index contributed by atoms with van der Waals surface area (Å²) in [6.07, 6.45) is 21.4. The van der Waals surface area contributed by atoms with Gasteiger partial charge < -0.3 is 37.9 Å². The third kappa shape index (κ3) is 34.8. The second-order valence-corrected chi connectivity index (χ2v) is 35.7. The Morgan fingerprint density at radius 2 is 0.602 bits per heavy atom. The van der Waals surface area contributed by atoms with Gasteiger partial charge in [0.05, 0.1) is 48.2 Å². The van der Waals surface area contributed by atoms with Crippen molar-refractivity contribution in [1.29, 1.82) is 0 Å². The predicted octanol–water partition coefficient (Wildman–Crippen LogP) is 33.1. The van der Waals surface area contributed by atoms with Crippen molar-refractivity contribution in [3.63, 3.8) is 0 Å². The molecule has 0 saturated heterocycles. The fourth-order valence-electron chi connectivity index (χ4n) is 15.5. The first-order chi connectivity index (χ1) is 57.9. The number of carbonyl (C=O) groups excluding carboxylic acids is 6. The van der Waals surface area contributed by atoms with Gasteiger partial charge in [-0.1, -0.05) is 297 Å². The quantitative estimate of drug-likeness (QED) is 0.0462. The van der Waals surface area contributed by atoms with Crippen molar-refractivity contribution in [3.8, 4) is 11.5 Å². The first kappa shape index (κ1) is 129. The number of fused-ring (bicyclic) bond motifs is 8. The summed E-state index contributed by atoms with van der Waals surface area (Å²) in [5.41, 5.74) is 21.0. The number of hydrogen-bond donors (Lipinski definition) is 0. The van der Waals surface area contributed by atoms with E-state index >= 15 is 0 Å². The van der Waals surface area contributed by atoms with Crippen LogP contribution in [0.15, 0.2) is 170 Å². The highest BCUT2D eigenvalue weighted by Gasteiger charge is 2.37. The normalized spacial score (nSPS) is 15.2. The molecule has 8 aromatic rings. The third-order valence-electron chi connectivity index (χ3n) is 25.9. The molecular formula is C119H186O14. The van der Waals surface area contributed by atoms with Crippen LogP contribution in [-0.4, -0.2) is 50.0 Å². The van der Waals surface area contributed by atoms with Gasteiger partial charge >= 0.3 is 35.8 Å². The summed E-state index contributed by atoms with van der Waals surface area (Å²) in [5, 5.41) is 0. The van der Waals surface area contributed by atoms with Gasteiger partial charge in [-0.2, -0.15) is 0 Å². The predicted molar refractivity (Wildman–Crippen MR) is 563 cm³/mol. The number of aryl methyl sites for hydroxylation is 6. The Morgan fingerprint density at radius 1 is 0.301 bits per heavy atom. The van der Waals surface area contributed by atoms with E-state index in [2.05, 4.69) is 97.1 Å². The Morgan fingerprint density at radius 3 is 0.955 bits per heavy atom. The van der Waals surface area contributed by atoms with Crippen LogP contribution >= 0.6 is 0 Å². The molecule has 0 N–H and O–H groups in total. The lowest BCUT2D eigenvalue weighted by atomic mass is 9.83. The molecule has 0 amide bonds. The van der Waals surface area contributed by atoms with E-state index in [-0.39, 0.29) is 179 Å². The van der Waals surface area contributed by atoms with Crippen molar-refractivity contribution >= 4 is 35.8 Å². The fraction of sp³-hybridized carbons (Fsp3) is 0.546. The largest absolute Gasteiger partial charge is 0.497 e. The van der Waals surface area contributed by atoms with Gasteiger partial charge in [0.2, 0.25) is 0 Å². The van der Waals surface area contributed by atoms with Gasteiger partial charge in [-0.15, -0.1) is 0 Å². The summed E-state index contributed by atoms with van der Waals surface area (Å²) >= 11 is 0. The smallest absolute Gasteiger partial charge is 0.312 e. The second kappa shape index (κ2) is 61.2. The average molecular weight is 1840 g/mol. The molecule has 14 heteroatoms. The van der Waals surface area contributed by atoms with Crippen LogP contribution in [0.2, 0.25) is 0 Å². The molecule has 7 unspecified atom stereocenters. The minimum Gasteiger partial charge on any atom is -0.497 e. The van der Waals surface area contributed by atoms with E-state index < -0.39 is 16.2 Å². The summed E-state index contributed by atoms with van der Waals surface area (Å²) in [7, 11) is 3.34. The number of hydrogen-bond acceptors (Lipinski definition) is 14. The second-order valence-electron chi connectivity index (χ2n) is 35.7. The van der Waals surface area contributed by atoms with Gasteiger partial charge in [0, 0.05) is 22.3 Å². The maximum absolute atomic E-state index is 12.6. The summed E-state index contributed by atoms with van der Waals surface area (Å²) in [4.78, 5) is 72.9. The Labute approximate surface area is 812 Å². The first-order valence-electron chi connectivity index (χ1n) is 45.0.